The maximum Gasteiger partial charge on any atom is 0.243 e. The van der Waals surface area contributed by atoms with E-state index < -0.39 is 10.0 Å². The fourth-order valence-electron chi connectivity index (χ4n) is 3.37. The molecule has 1 aromatic heterocycles. The lowest BCUT2D eigenvalue weighted by atomic mass is 10.2. The summed E-state index contributed by atoms with van der Waals surface area (Å²) in [6, 6.07) is 16.1. The van der Waals surface area contributed by atoms with Crippen molar-refractivity contribution in [1.82, 2.24) is 14.2 Å². The van der Waals surface area contributed by atoms with E-state index in [-0.39, 0.29) is 4.90 Å². The molecule has 0 aliphatic carbocycles. The molecule has 1 aliphatic heterocycles. The number of halogens is 1. The van der Waals surface area contributed by atoms with Crippen LogP contribution in [0.1, 0.15) is 11.5 Å². The topological polar surface area (TPSA) is 66.7 Å². The summed E-state index contributed by atoms with van der Waals surface area (Å²) in [6.07, 6.45) is 0. The van der Waals surface area contributed by atoms with Crippen molar-refractivity contribution in [1.29, 1.82) is 0 Å². The summed E-state index contributed by atoms with van der Waals surface area (Å²) in [5.41, 5.74) is 1.83. The number of piperazine rings is 1. The highest BCUT2D eigenvalue weighted by atomic mass is 35.5. The molecule has 29 heavy (non-hydrogen) atoms. The summed E-state index contributed by atoms with van der Waals surface area (Å²) < 4.78 is 33.0. The van der Waals surface area contributed by atoms with Crippen molar-refractivity contribution in [3.05, 3.63) is 71.1 Å². The Kier molecular flexibility index (Phi) is 5.74. The molecule has 0 radical (unpaired) electrons. The van der Waals surface area contributed by atoms with Crippen LogP contribution in [0.15, 0.2) is 63.9 Å². The van der Waals surface area contributed by atoms with Gasteiger partial charge in [0.2, 0.25) is 15.9 Å². The van der Waals surface area contributed by atoms with Crippen molar-refractivity contribution in [3.8, 4) is 11.5 Å². The molecule has 0 atom stereocenters. The van der Waals surface area contributed by atoms with Crippen LogP contribution in [0.3, 0.4) is 0 Å². The van der Waals surface area contributed by atoms with Gasteiger partial charge in [0.1, 0.15) is 5.76 Å². The van der Waals surface area contributed by atoms with E-state index in [1.54, 1.807) is 24.3 Å². The Morgan fingerprint density at radius 2 is 1.66 bits per heavy atom. The minimum atomic E-state index is -3.50. The first-order valence-corrected chi connectivity index (χ1v) is 11.2. The number of hydrogen-bond acceptors (Lipinski definition) is 5. The highest BCUT2D eigenvalue weighted by Gasteiger charge is 2.29. The Hall–Kier alpha value is -2.19. The second-order valence-corrected chi connectivity index (χ2v) is 9.40. The Labute approximate surface area is 175 Å². The Morgan fingerprint density at radius 3 is 2.31 bits per heavy atom. The maximum absolute atomic E-state index is 12.8. The van der Waals surface area contributed by atoms with Crippen molar-refractivity contribution in [3.63, 3.8) is 0 Å². The average molecular weight is 432 g/mol. The van der Waals surface area contributed by atoms with Gasteiger partial charge < -0.3 is 4.42 Å². The van der Waals surface area contributed by atoms with Crippen LogP contribution in [-0.4, -0.2) is 48.8 Å². The summed E-state index contributed by atoms with van der Waals surface area (Å²) in [4.78, 5) is 7.12. The minimum absolute atomic E-state index is 0.273. The van der Waals surface area contributed by atoms with Crippen molar-refractivity contribution in [2.75, 3.05) is 26.2 Å². The summed E-state index contributed by atoms with van der Waals surface area (Å²) in [7, 11) is -3.50. The first-order chi connectivity index (χ1) is 13.9. The molecule has 6 nitrogen and oxygen atoms in total. The summed E-state index contributed by atoms with van der Waals surface area (Å²) in [5.74, 6) is 1.40. The molecule has 3 aromatic rings. The van der Waals surface area contributed by atoms with E-state index in [2.05, 4.69) is 9.88 Å². The van der Waals surface area contributed by atoms with Gasteiger partial charge >= 0.3 is 0 Å². The smallest absolute Gasteiger partial charge is 0.243 e. The van der Waals surface area contributed by atoms with Crippen molar-refractivity contribution < 1.29 is 12.8 Å². The molecular weight excluding hydrogens is 410 g/mol. The zero-order valence-electron chi connectivity index (χ0n) is 16.1. The molecule has 152 valence electrons. The van der Waals surface area contributed by atoms with Gasteiger partial charge in [-0.15, -0.1) is 0 Å². The van der Waals surface area contributed by atoms with Crippen LogP contribution in [0.2, 0.25) is 5.02 Å². The van der Waals surface area contributed by atoms with Crippen LogP contribution >= 0.6 is 11.6 Å². The fourth-order valence-corrected chi connectivity index (χ4v) is 4.92. The molecule has 0 saturated carbocycles. The third-order valence-corrected chi connectivity index (χ3v) is 7.23. The predicted molar refractivity (Wildman–Crippen MR) is 112 cm³/mol. The highest BCUT2D eigenvalue weighted by molar-refractivity contribution is 7.89. The molecule has 1 fully saturated rings. The predicted octanol–water partition coefficient (Wildman–Crippen LogP) is 3.81. The first kappa shape index (κ1) is 20.1. The average Bonchev–Trinajstić information content (AvgIpc) is 3.10. The van der Waals surface area contributed by atoms with Gasteiger partial charge in [-0.05, 0) is 43.3 Å². The summed E-state index contributed by atoms with van der Waals surface area (Å²) in [5, 5.41) is 0.520. The second kappa shape index (κ2) is 8.28. The molecule has 0 amide bonds. The maximum atomic E-state index is 12.8. The molecule has 2 aromatic carbocycles. The zero-order chi connectivity index (χ0) is 20.4. The van der Waals surface area contributed by atoms with Gasteiger partial charge in [0, 0.05) is 43.3 Å². The van der Waals surface area contributed by atoms with Gasteiger partial charge in [-0.2, -0.15) is 4.31 Å². The third kappa shape index (κ3) is 4.38. The number of rotatable bonds is 5. The van der Waals surface area contributed by atoms with Crippen LogP contribution in [0.4, 0.5) is 0 Å². The normalized spacial score (nSPS) is 16.2. The van der Waals surface area contributed by atoms with E-state index in [0.29, 0.717) is 43.6 Å². The lowest BCUT2D eigenvalue weighted by Gasteiger charge is -2.33. The van der Waals surface area contributed by atoms with Gasteiger partial charge in [-0.3, -0.25) is 4.90 Å². The molecule has 0 N–H and O–H groups in total. The molecule has 0 spiro atoms. The van der Waals surface area contributed by atoms with Gasteiger partial charge in [-0.25, -0.2) is 13.4 Å². The molecule has 2 heterocycles. The molecular formula is C21H22ClN3O3S. The van der Waals surface area contributed by atoms with Gasteiger partial charge in [0.05, 0.1) is 10.6 Å². The molecule has 4 rings (SSSR count). The Morgan fingerprint density at radius 1 is 1.00 bits per heavy atom. The number of sulfonamides is 1. The van der Waals surface area contributed by atoms with Crippen LogP contribution in [0.5, 0.6) is 0 Å². The summed E-state index contributed by atoms with van der Waals surface area (Å²) >= 11 is 5.87. The van der Waals surface area contributed by atoms with Gasteiger partial charge in [0.25, 0.3) is 0 Å². The third-order valence-electron chi connectivity index (χ3n) is 5.07. The van der Waals surface area contributed by atoms with E-state index in [1.807, 2.05) is 37.3 Å². The quantitative estimate of drug-likeness (QED) is 0.614. The number of nitrogens with zero attached hydrogens (tertiary/aromatic N) is 3. The number of aryl methyl sites for hydroxylation is 1. The van der Waals surface area contributed by atoms with Crippen molar-refractivity contribution in [2.24, 2.45) is 0 Å². The standard InChI is InChI=1S/C21H22ClN3O3S/c1-16-20(23-21(28-16)17-5-3-2-4-6-17)15-24-11-13-25(14-12-24)29(26,27)19-9-7-18(22)8-10-19/h2-10H,11-15H2,1H3. The number of hydrogen-bond donors (Lipinski definition) is 0. The SMILES string of the molecule is Cc1oc(-c2ccccc2)nc1CN1CCN(S(=O)(=O)c2ccc(Cl)cc2)CC1. The van der Waals surface area contributed by atoms with Crippen LogP contribution in [0, 0.1) is 6.92 Å². The zero-order valence-corrected chi connectivity index (χ0v) is 17.7. The van der Waals surface area contributed by atoms with Crippen molar-refractivity contribution >= 4 is 21.6 Å². The largest absolute Gasteiger partial charge is 0.441 e. The summed E-state index contributed by atoms with van der Waals surface area (Å²) in [6.45, 7) is 4.70. The Bertz CT molecular complexity index is 1070. The van der Waals surface area contributed by atoms with E-state index in [4.69, 9.17) is 16.0 Å². The number of benzene rings is 2. The monoisotopic (exact) mass is 431 g/mol. The van der Waals surface area contributed by atoms with E-state index in [1.165, 1.54) is 4.31 Å². The first-order valence-electron chi connectivity index (χ1n) is 9.43. The van der Waals surface area contributed by atoms with Gasteiger partial charge in [-0.1, -0.05) is 29.8 Å². The van der Waals surface area contributed by atoms with Gasteiger partial charge in [0.15, 0.2) is 0 Å². The van der Waals surface area contributed by atoms with E-state index >= 15 is 0 Å². The molecule has 1 aliphatic rings. The van der Waals surface area contributed by atoms with Crippen LogP contribution < -0.4 is 0 Å². The molecule has 8 heteroatoms. The minimum Gasteiger partial charge on any atom is -0.441 e. The van der Waals surface area contributed by atoms with Crippen LogP contribution in [-0.2, 0) is 16.6 Å². The fraction of sp³-hybridized carbons (Fsp3) is 0.286. The van der Waals surface area contributed by atoms with Crippen LogP contribution in [0.25, 0.3) is 11.5 Å². The van der Waals surface area contributed by atoms with Crippen molar-refractivity contribution in [2.45, 2.75) is 18.4 Å². The van der Waals surface area contributed by atoms with E-state index in [0.717, 1.165) is 17.0 Å². The lowest BCUT2D eigenvalue weighted by molar-refractivity contribution is 0.179. The molecule has 0 bridgehead atoms. The number of oxazole rings is 1. The molecule has 0 unspecified atom stereocenters. The number of aromatic nitrogens is 1. The van der Waals surface area contributed by atoms with E-state index in [9.17, 15) is 8.42 Å². The molecule has 1 saturated heterocycles. The second-order valence-electron chi connectivity index (χ2n) is 7.02. The highest BCUT2D eigenvalue weighted by Crippen LogP contribution is 2.24. The lowest BCUT2D eigenvalue weighted by Crippen LogP contribution is -2.48. The Balaban J connectivity index is 1.40.